The molecule has 16 heteroatoms. The van der Waals surface area contributed by atoms with Crippen LogP contribution in [0.3, 0.4) is 0 Å². The number of hydrogen-bond acceptors (Lipinski definition) is 12. The van der Waals surface area contributed by atoms with Crippen molar-refractivity contribution in [1.82, 2.24) is 4.90 Å². The predicted molar refractivity (Wildman–Crippen MR) is 137 cm³/mol. The third-order valence-corrected chi connectivity index (χ3v) is 7.21. The van der Waals surface area contributed by atoms with E-state index in [1.807, 2.05) is 0 Å². The highest BCUT2D eigenvalue weighted by Gasteiger charge is 2.63. The summed E-state index contributed by atoms with van der Waals surface area (Å²) < 4.78 is 31.6. The molecule has 4 atom stereocenters. The Hall–Kier alpha value is -3.70. The molecule has 0 bridgehead atoms. The van der Waals surface area contributed by atoms with Gasteiger partial charge in [-0.1, -0.05) is 0 Å². The van der Waals surface area contributed by atoms with Crippen LogP contribution in [0, 0.1) is 11.8 Å². The number of allylic oxidation sites excluding steroid dienone is 1. The zero-order valence-electron chi connectivity index (χ0n) is 21.4. The van der Waals surface area contributed by atoms with Gasteiger partial charge in [0.25, 0.3) is 5.91 Å². The fourth-order valence-corrected chi connectivity index (χ4v) is 5.72. The van der Waals surface area contributed by atoms with Crippen molar-refractivity contribution in [3.8, 4) is 5.75 Å². The largest absolute Gasteiger partial charge is 0.510 e. The van der Waals surface area contributed by atoms with Crippen LogP contribution in [0.15, 0.2) is 28.7 Å². The van der Waals surface area contributed by atoms with Crippen LogP contribution in [0.5, 0.6) is 5.75 Å². The number of carbonyl (C=O) groups is 3. The zero-order valence-corrected chi connectivity index (χ0v) is 22.2. The van der Waals surface area contributed by atoms with E-state index in [4.69, 9.17) is 29.0 Å². The number of aliphatic hydroxyl groups excluding tert-OH is 2. The highest BCUT2D eigenvalue weighted by atomic mass is 32.3. The number of ketones is 2. The number of nitrogens with zero attached hydrogens (tertiary/aromatic N) is 2. The first-order valence-corrected chi connectivity index (χ1v) is 12.8. The minimum Gasteiger partial charge on any atom is -0.510 e. The summed E-state index contributed by atoms with van der Waals surface area (Å²) in [5.41, 5.74) is 8.51. The Kier molecular flexibility index (Phi) is 7.50. The van der Waals surface area contributed by atoms with E-state index in [-0.39, 0.29) is 29.7 Å². The lowest BCUT2D eigenvalue weighted by Gasteiger charge is -2.50. The van der Waals surface area contributed by atoms with Crippen LogP contribution in [-0.4, -0.2) is 100 Å². The van der Waals surface area contributed by atoms with Gasteiger partial charge in [-0.15, -0.1) is 0 Å². The Bertz CT molecular complexity index is 1440. The number of phenolic OH excluding ortho intramolecular Hbond substituents is 1. The molecule has 0 radical (unpaired) electrons. The Morgan fingerprint density at radius 1 is 1.10 bits per heavy atom. The molecule has 0 heterocycles. The SMILES string of the molecule is CN(C)c1cc(N)c(O)c2c1CC1CC3C(N(C)C)C(O)=C(C(N)=O)C(=O)C3(O)C(O)=C1C2=O.O=S(=O)(O)O. The molecule has 4 rings (SSSR count). The Morgan fingerprint density at radius 3 is 2.10 bits per heavy atom. The number of aliphatic hydroxyl groups is 3. The van der Waals surface area contributed by atoms with Gasteiger partial charge in [-0.3, -0.25) is 28.4 Å². The third kappa shape index (κ3) is 4.80. The fraction of sp³-hybridized carbons (Fsp3) is 0.435. The molecule has 3 aliphatic rings. The van der Waals surface area contributed by atoms with Gasteiger partial charge < -0.3 is 36.8 Å². The second kappa shape index (κ2) is 9.80. The number of rotatable bonds is 3. The van der Waals surface area contributed by atoms with E-state index in [9.17, 15) is 34.8 Å². The van der Waals surface area contributed by atoms with E-state index in [1.54, 1.807) is 39.2 Å². The summed E-state index contributed by atoms with van der Waals surface area (Å²) in [6.45, 7) is 0. The van der Waals surface area contributed by atoms with Crippen molar-refractivity contribution >= 4 is 39.2 Å². The quantitative estimate of drug-likeness (QED) is 0.0949. The Labute approximate surface area is 223 Å². The summed E-state index contributed by atoms with van der Waals surface area (Å²) in [4.78, 5) is 42.1. The van der Waals surface area contributed by atoms with Crippen LogP contribution >= 0.6 is 0 Å². The van der Waals surface area contributed by atoms with E-state index in [2.05, 4.69) is 0 Å². The molecule has 15 nitrogen and oxygen atoms in total. The first-order valence-electron chi connectivity index (χ1n) is 11.4. The molecule has 0 aliphatic heterocycles. The van der Waals surface area contributed by atoms with Crippen LogP contribution < -0.4 is 16.4 Å². The van der Waals surface area contributed by atoms with Gasteiger partial charge in [0.1, 0.15) is 22.8 Å². The normalized spacial score (nSPS) is 26.4. The second-order valence-corrected chi connectivity index (χ2v) is 10.9. The molecule has 1 aromatic carbocycles. The molecule has 3 aliphatic carbocycles. The second-order valence-electron chi connectivity index (χ2n) is 9.99. The lowest BCUT2D eigenvalue weighted by Crippen LogP contribution is -2.63. The van der Waals surface area contributed by atoms with Crippen molar-refractivity contribution in [3.05, 3.63) is 39.9 Å². The lowest BCUT2D eigenvalue weighted by molar-refractivity contribution is -0.148. The first-order chi connectivity index (χ1) is 17.7. The minimum atomic E-state index is -4.67. The maximum Gasteiger partial charge on any atom is 0.394 e. The number of carbonyl (C=O) groups excluding carboxylic acids is 3. The smallest absolute Gasteiger partial charge is 0.394 e. The van der Waals surface area contributed by atoms with Crippen molar-refractivity contribution < 1.29 is 52.3 Å². The molecule has 39 heavy (non-hydrogen) atoms. The summed E-state index contributed by atoms with van der Waals surface area (Å²) in [6.07, 6.45) is 0.236. The molecule has 0 saturated carbocycles. The van der Waals surface area contributed by atoms with Crippen LogP contribution in [-0.2, 0) is 26.4 Å². The zero-order chi connectivity index (χ0) is 29.9. The number of anilines is 2. The number of aromatic hydroxyl groups is 1. The highest BCUT2D eigenvalue weighted by molar-refractivity contribution is 7.79. The van der Waals surface area contributed by atoms with Gasteiger partial charge in [0.05, 0.1) is 17.3 Å². The van der Waals surface area contributed by atoms with Crippen molar-refractivity contribution in [2.75, 3.05) is 38.8 Å². The number of fused-ring (bicyclic) bond motifs is 3. The molecule has 0 aromatic heterocycles. The maximum atomic E-state index is 13.6. The van der Waals surface area contributed by atoms with Crippen LogP contribution in [0.4, 0.5) is 11.4 Å². The van der Waals surface area contributed by atoms with E-state index in [0.29, 0.717) is 11.3 Å². The highest BCUT2D eigenvalue weighted by Crippen LogP contribution is 2.53. The van der Waals surface area contributed by atoms with Gasteiger partial charge >= 0.3 is 10.4 Å². The summed E-state index contributed by atoms with van der Waals surface area (Å²) >= 11 is 0. The number of amides is 1. The molecule has 10 N–H and O–H groups in total. The van der Waals surface area contributed by atoms with E-state index in [1.165, 1.54) is 4.90 Å². The average molecular weight is 571 g/mol. The van der Waals surface area contributed by atoms with E-state index >= 15 is 0 Å². The molecule has 0 saturated heterocycles. The topological polar surface area (TPSA) is 265 Å². The number of likely N-dealkylation sites (N-methyl/N-ethyl adjacent to an activating group) is 1. The number of primary amides is 1. The lowest BCUT2D eigenvalue weighted by atomic mass is 9.58. The number of benzene rings is 1. The van der Waals surface area contributed by atoms with Gasteiger partial charge in [0.15, 0.2) is 11.4 Å². The van der Waals surface area contributed by atoms with Gasteiger partial charge in [-0.2, -0.15) is 8.42 Å². The minimum absolute atomic E-state index is 0.0315. The fourth-order valence-electron chi connectivity index (χ4n) is 5.72. The summed E-state index contributed by atoms with van der Waals surface area (Å²) in [5.74, 6) is -6.95. The number of Topliss-reactive ketones (excluding diaryl/α,β-unsaturated/α-hetero) is 2. The van der Waals surface area contributed by atoms with Crippen LogP contribution in [0.25, 0.3) is 0 Å². The van der Waals surface area contributed by atoms with Crippen LogP contribution in [0.1, 0.15) is 22.3 Å². The number of nitrogens with two attached hydrogens (primary N) is 2. The van der Waals surface area contributed by atoms with Gasteiger partial charge in [0, 0.05) is 31.3 Å². The maximum absolute atomic E-state index is 13.6. The van der Waals surface area contributed by atoms with Crippen molar-refractivity contribution in [3.63, 3.8) is 0 Å². The van der Waals surface area contributed by atoms with Gasteiger partial charge in [-0.05, 0) is 44.5 Å². The van der Waals surface area contributed by atoms with Crippen LogP contribution in [0.2, 0.25) is 0 Å². The van der Waals surface area contributed by atoms with E-state index in [0.717, 1.165) is 0 Å². The number of phenols is 1. The summed E-state index contributed by atoms with van der Waals surface area (Å²) in [6, 6.07) is 0.522. The third-order valence-electron chi connectivity index (χ3n) is 7.21. The molecule has 214 valence electrons. The summed E-state index contributed by atoms with van der Waals surface area (Å²) in [5, 5.41) is 44.2. The Morgan fingerprint density at radius 2 is 1.64 bits per heavy atom. The number of hydrogen-bond donors (Lipinski definition) is 8. The first kappa shape index (κ1) is 29.9. The molecule has 1 aromatic rings. The molecule has 4 unspecified atom stereocenters. The monoisotopic (exact) mass is 570 g/mol. The average Bonchev–Trinajstić information content (AvgIpc) is 2.76. The predicted octanol–water partition coefficient (Wildman–Crippen LogP) is -0.884. The molecular formula is C23H30N4O11S. The standard InChI is InChI=1S/C23H28N4O7.H2O4S/c1-26(2)12-7-11(24)17(28)14-9(12)5-8-6-10-16(27(3)4)19(30)15(22(25)33)21(32)23(10,34)20(31)13(8)18(14)29;1-5(2,3)4/h7-8,10,16,28,30-31,34H,5-6,24H2,1-4H3,(H2,25,33);(H2,1,2,3,4). The van der Waals surface area contributed by atoms with Gasteiger partial charge in [-0.25, -0.2) is 0 Å². The van der Waals surface area contributed by atoms with Gasteiger partial charge in [0.2, 0.25) is 5.78 Å². The molecular weight excluding hydrogens is 540 g/mol. The van der Waals surface area contributed by atoms with E-state index < -0.39 is 74.2 Å². The molecule has 0 spiro atoms. The Balaban J connectivity index is 0.000000771. The summed E-state index contributed by atoms with van der Waals surface area (Å²) in [7, 11) is 2.01. The van der Waals surface area contributed by atoms with Crippen molar-refractivity contribution in [2.24, 2.45) is 17.6 Å². The van der Waals surface area contributed by atoms with Crippen molar-refractivity contribution in [1.29, 1.82) is 0 Å². The molecule has 1 amide bonds. The van der Waals surface area contributed by atoms with Crippen molar-refractivity contribution in [2.45, 2.75) is 24.5 Å². The number of nitrogen functional groups attached to an aromatic ring is 1. The molecule has 0 fully saturated rings.